The molecule has 4 aliphatic heterocycles. The lowest BCUT2D eigenvalue weighted by Gasteiger charge is -2.23. The van der Waals surface area contributed by atoms with E-state index < -0.39 is 0 Å². The second-order valence-corrected chi connectivity index (χ2v) is 21.3. The summed E-state index contributed by atoms with van der Waals surface area (Å²) >= 11 is 3.90. The summed E-state index contributed by atoms with van der Waals surface area (Å²) in [6, 6.07) is 12.7. The molecule has 6 heteroatoms. The topological polar surface area (TPSA) is 44.2 Å². The summed E-state index contributed by atoms with van der Waals surface area (Å²) in [5.41, 5.74) is 16.7. The summed E-state index contributed by atoms with van der Waals surface area (Å²) in [6.07, 6.45) is 38.3. The van der Waals surface area contributed by atoms with Crippen LogP contribution in [0, 0.1) is 51.4 Å². The summed E-state index contributed by atoms with van der Waals surface area (Å²) in [5.74, 6) is 2.37. The van der Waals surface area contributed by atoms with Crippen LogP contribution >= 0.6 is 23.5 Å². The molecule has 2 aromatic heterocycles. The van der Waals surface area contributed by atoms with Crippen LogP contribution in [-0.4, -0.2) is 32.7 Å². The van der Waals surface area contributed by atoms with Crippen LogP contribution in [0.15, 0.2) is 202 Å². The van der Waals surface area contributed by atoms with Gasteiger partial charge in [-0.05, 0) is 162 Å². The molecule has 8 atom stereocenters. The van der Waals surface area contributed by atoms with Crippen molar-refractivity contribution in [2.75, 3.05) is 0 Å². The molecule has 0 saturated heterocycles. The highest BCUT2D eigenvalue weighted by molar-refractivity contribution is 8.03. The molecular formula is C62H70N2O2S2. The van der Waals surface area contributed by atoms with E-state index in [-0.39, 0.29) is 0 Å². The number of hydrogen-bond donors (Lipinski definition) is 0. The van der Waals surface area contributed by atoms with E-state index in [2.05, 4.69) is 213 Å². The third-order valence-corrected chi connectivity index (χ3v) is 16.7. The van der Waals surface area contributed by atoms with Crippen LogP contribution in [0.3, 0.4) is 0 Å². The lowest BCUT2D eigenvalue weighted by atomic mass is 9.87. The third-order valence-electron chi connectivity index (χ3n) is 14.2. The smallest absolute Gasteiger partial charge is 0.129 e. The van der Waals surface area contributed by atoms with Crippen LogP contribution in [0.4, 0.5) is 0 Å². The Morgan fingerprint density at radius 2 is 0.676 bits per heavy atom. The number of aromatic nitrogens is 2. The number of thioether (sulfide) groups is 2. The van der Waals surface area contributed by atoms with E-state index in [4.69, 9.17) is 9.47 Å². The maximum atomic E-state index is 5.45. The van der Waals surface area contributed by atoms with Gasteiger partial charge >= 0.3 is 0 Å². The van der Waals surface area contributed by atoms with Gasteiger partial charge < -0.3 is 9.47 Å². The Kier molecular flexibility index (Phi) is 17.1. The van der Waals surface area contributed by atoms with E-state index in [1.54, 1.807) is 0 Å². The fraction of sp³-hybridized carbons (Fsp3) is 0.323. The van der Waals surface area contributed by atoms with Crippen LogP contribution in [0.2, 0.25) is 0 Å². The second kappa shape index (κ2) is 23.2. The second-order valence-electron chi connectivity index (χ2n) is 19.2. The first kappa shape index (κ1) is 50.3. The molecule has 12 rings (SSSR count). The molecule has 0 radical (unpaired) electrons. The van der Waals surface area contributed by atoms with Crippen molar-refractivity contribution in [1.82, 2.24) is 9.97 Å². The van der Waals surface area contributed by atoms with Crippen LogP contribution < -0.4 is 0 Å². The summed E-state index contributed by atoms with van der Waals surface area (Å²) in [7, 11) is 0. The van der Waals surface area contributed by atoms with Crippen molar-refractivity contribution in [2.45, 2.75) is 106 Å². The predicted molar refractivity (Wildman–Crippen MR) is 296 cm³/mol. The number of aryl methyl sites for hydroxylation is 4. The molecule has 0 amide bonds. The Hall–Kier alpha value is -5.56. The molecule has 0 spiro atoms. The van der Waals surface area contributed by atoms with Gasteiger partial charge in [0.05, 0.1) is 12.5 Å². The highest BCUT2D eigenvalue weighted by Crippen LogP contribution is 2.42. The van der Waals surface area contributed by atoms with Gasteiger partial charge in [-0.1, -0.05) is 118 Å². The van der Waals surface area contributed by atoms with Crippen molar-refractivity contribution in [3.05, 3.63) is 224 Å². The Bertz CT molecular complexity index is 2490. The van der Waals surface area contributed by atoms with E-state index in [1.807, 2.05) is 60.8 Å². The first-order valence-electron chi connectivity index (χ1n) is 24.0. The molecule has 8 aliphatic rings. The number of pyridine rings is 2. The molecule has 4 nitrogen and oxygen atoms in total. The van der Waals surface area contributed by atoms with Crippen molar-refractivity contribution in [2.24, 2.45) is 23.7 Å². The molecule has 0 fully saturated rings. The first-order valence-corrected chi connectivity index (χ1v) is 25.9. The van der Waals surface area contributed by atoms with Crippen molar-refractivity contribution >= 4 is 45.1 Å². The van der Waals surface area contributed by atoms with Gasteiger partial charge in [-0.25, -0.2) is 0 Å². The van der Waals surface area contributed by atoms with Crippen molar-refractivity contribution < 1.29 is 9.47 Å². The zero-order chi connectivity index (χ0) is 48.5. The highest BCUT2D eigenvalue weighted by atomic mass is 32.2. The van der Waals surface area contributed by atoms with Gasteiger partial charge in [-0.15, -0.1) is 23.5 Å². The maximum Gasteiger partial charge on any atom is 0.129 e. The number of hydrogen-bond acceptors (Lipinski definition) is 6. The Labute approximate surface area is 416 Å². The van der Waals surface area contributed by atoms with Crippen molar-refractivity contribution in [3.8, 4) is 0 Å². The number of ether oxygens (including phenoxy) is 2. The van der Waals surface area contributed by atoms with Crippen LogP contribution in [0.1, 0.15) is 77.6 Å². The minimum absolute atomic E-state index is 0.292. The molecule has 0 bridgehead atoms. The normalized spacial score (nSPS) is 25.9. The zero-order valence-corrected chi connectivity index (χ0v) is 43.8. The standard InChI is InChI=1S/2C11H11N.2C10H12O.2C10H12S/c2*1-8-3-4-9(2)11-7-12-6-5-10(8)11;4*1-7-3-4-8(2)10-9(7)5-6-11-10/h2*3-7H,1-2H3;4*3-6,9-10H,1-2H3. The fourth-order valence-corrected chi connectivity index (χ4v) is 12.0. The number of allylic oxidation sites excluding steroid dienone is 12. The van der Waals surface area contributed by atoms with Gasteiger partial charge in [0.25, 0.3) is 0 Å². The molecule has 68 heavy (non-hydrogen) atoms. The number of fused-ring (bicyclic) bond motifs is 6. The fourth-order valence-electron chi connectivity index (χ4n) is 9.56. The molecule has 352 valence electrons. The van der Waals surface area contributed by atoms with E-state index in [9.17, 15) is 0 Å². The number of nitrogens with zero attached hydrogens (tertiary/aromatic N) is 2. The largest absolute Gasteiger partial charge is 0.493 e. The van der Waals surface area contributed by atoms with Gasteiger partial charge in [0, 0.05) is 69.7 Å². The first-order chi connectivity index (χ1) is 32.7. The minimum Gasteiger partial charge on any atom is -0.493 e. The molecular weight excluding hydrogens is 869 g/mol. The van der Waals surface area contributed by atoms with E-state index in [0.29, 0.717) is 46.4 Å². The monoisotopic (exact) mass is 938 g/mol. The molecule has 6 heterocycles. The predicted octanol–water partition coefficient (Wildman–Crippen LogP) is 16.8. The molecule has 0 saturated carbocycles. The van der Waals surface area contributed by atoms with Crippen molar-refractivity contribution in [1.29, 1.82) is 0 Å². The summed E-state index contributed by atoms with van der Waals surface area (Å²) < 4.78 is 10.9. The quantitative estimate of drug-likeness (QED) is 0.175. The average Bonchev–Trinajstić information content (AvgIpc) is 4.21. The third kappa shape index (κ3) is 11.8. The van der Waals surface area contributed by atoms with E-state index in [0.717, 1.165) is 0 Å². The Morgan fingerprint density at radius 3 is 1.01 bits per heavy atom. The van der Waals surface area contributed by atoms with Crippen LogP contribution in [-0.2, 0) is 9.47 Å². The Morgan fingerprint density at radius 1 is 0.353 bits per heavy atom. The van der Waals surface area contributed by atoms with Crippen LogP contribution in [0.5, 0.6) is 0 Å². The van der Waals surface area contributed by atoms with Gasteiger partial charge in [0.2, 0.25) is 0 Å². The average molecular weight is 939 g/mol. The van der Waals surface area contributed by atoms with Crippen LogP contribution in [0.25, 0.3) is 21.5 Å². The SMILES string of the molecule is CC1=CC=C(C)C2OC=CC12.CC1=CC=C(C)C2OC=CC12.CC1=CC=C(C)C2SC=CC12.CC1=CC=C(C)C2SC=CC12.Cc1ccc(C)c2cnccc12.Cc1ccc(C)c2cnccc12. The lowest BCUT2D eigenvalue weighted by Crippen LogP contribution is -2.21. The number of benzene rings is 2. The highest BCUT2D eigenvalue weighted by Gasteiger charge is 2.31. The van der Waals surface area contributed by atoms with Gasteiger partial charge in [-0.3, -0.25) is 9.97 Å². The van der Waals surface area contributed by atoms with Gasteiger partial charge in [0.15, 0.2) is 0 Å². The summed E-state index contributed by atoms with van der Waals surface area (Å²) in [6.45, 7) is 25.9. The Balaban J connectivity index is 0.000000121. The summed E-state index contributed by atoms with van der Waals surface area (Å²) in [5, 5.41) is 11.0. The lowest BCUT2D eigenvalue weighted by molar-refractivity contribution is 0.177. The maximum absolute atomic E-state index is 5.45. The zero-order valence-electron chi connectivity index (χ0n) is 42.2. The minimum atomic E-state index is 0.292. The molecule has 8 unspecified atom stereocenters. The number of rotatable bonds is 0. The van der Waals surface area contributed by atoms with E-state index in [1.165, 1.54) is 88.4 Å². The molecule has 4 aromatic rings. The van der Waals surface area contributed by atoms with Gasteiger partial charge in [0.1, 0.15) is 12.2 Å². The van der Waals surface area contributed by atoms with Gasteiger partial charge in [-0.2, -0.15) is 0 Å². The molecule has 2 aromatic carbocycles. The summed E-state index contributed by atoms with van der Waals surface area (Å²) in [4.78, 5) is 8.23. The van der Waals surface area contributed by atoms with E-state index >= 15 is 0 Å². The molecule has 0 N–H and O–H groups in total. The van der Waals surface area contributed by atoms with Crippen molar-refractivity contribution in [3.63, 3.8) is 0 Å². The molecule has 4 aliphatic carbocycles.